The molecule has 3 rings (SSSR count). The average Bonchev–Trinajstić information content (AvgIpc) is 2.73. The van der Waals surface area contributed by atoms with Crippen LogP contribution in [0.3, 0.4) is 0 Å². The molecule has 2 aromatic heterocycles. The summed E-state index contributed by atoms with van der Waals surface area (Å²) in [7, 11) is 0. The van der Waals surface area contributed by atoms with E-state index in [4.69, 9.17) is 11.6 Å². The summed E-state index contributed by atoms with van der Waals surface area (Å²) in [6.07, 6.45) is 5.71. The average molecular weight is 246 g/mol. The summed E-state index contributed by atoms with van der Waals surface area (Å²) in [5, 5.41) is 3.96. The summed E-state index contributed by atoms with van der Waals surface area (Å²) in [4.78, 5) is 8.42. The van der Waals surface area contributed by atoms with Crippen LogP contribution < -0.4 is 5.32 Å². The molecular formula is C13H12ClN3. The molecule has 86 valence electrons. The minimum atomic E-state index is 0.282. The highest BCUT2D eigenvalue weighted by Gasteiger charge is 2.23. The Hall–Kier alpha value is -1.61. The number of aromatic nitrogens is 2. The van der Waals surface area contributed by atoms with E-state index in [1.165, 1.54) is 5.56 Å². The Kier molecular flexibility index (Phi) is 2.69. The van der Waals surface area contributed by atoms with Crippen LogP contribution in [0, 0.1) is 0 Å². The SMILES string of the molecule is Clc1cc(NC2CCc3cccnc32)ccn1. The van der Waals surface area contributed by atoms with E-state index in [2.05, 4.69) is 21.4 Å². The number of hydrogen-bond acceptors (Lipinski definition) is 3. The maximum atomic E-state index is 5.86. The smallest absolute Gasteiger partial charge is 0.131 e. The van der Waals surface area contributed by atoms with Crippen LogP contribution >= 0.6 is 11.6 Å². The zero-order valence-electron chi connectivity index (χ0n) is 9.23. The minimum Gasteiger partial charge on any atom is -0.377 e. The molecule has 1 N–H and O–H groups in total. The first-order valence-electron chi connectivity index (χ1n) is 5.65. The predicted octanol–water partition coefficient (Wildman–Crippen LogP) is 3.23. The minimum absolute atomic E-state index is 0.282. The second kappa shape index (κ2) is 4.34. The molecule has 0 fully saturated rings. The third kappa shape index (κ3) is 2.11. The Labute approximate surface area is 105 Å². The molecule has 0 radical (unpaired) electrons. The van der Waals surface area contributed by atoms with Crippen LogP contribution in [-0.2, 0) is 6.42 Å². The Morgan fingerprint density at radius 3 is 3.06 bits per heavy atom. The molecule has 2 heterocycles. The molecule has 1 aliphatic carbocycles. The van der Waals surface area contributed by atoms with Crippen molar-refractivity contribution in [2.45, 2.75) is 18.9 Å². The summed E-state index contributed by atoms with van der Waals surface area (Å²) in [5.74, 6) is 0. The van der Waals surface area contributed by atoms with E-state index in [-0.39, 0.29) is 6.04 Å². The number of hydrogen-bond donors (Lipinski definition) is 1. The Morgan fingerprint density at radius 1 is 1.24 bits per heavy atom. The van der Waals surface area contributed by atoms with Crippen LogP contribution in [0.4, 0.5) is 5.69 Å². The Balaban J connectivity index is 1.84. The van der Waals surface area contributed by atoms with Gasteiger partial charge >= 0.3 is 0 Å². The van der Waals surface area contributed by atoms with E-state index in [0.29, 0.717) is 5.15 Å². The summed E-state index contributed by atoms with van der Waals surface area (Å²) in [6.45, 7) is 0. The van der Waals surface area contributed by atoms with Gasteiger partial charge in [-0.1, -0.05) is 17.7 Å². The standard InChI is InChI=1S/C13H12ClN3/c14-12-8-10(5-7-15-12)17-11-4-3-9-2-1-6-16-13(9)11/h1-2,5-8,11H,3-4H2,(H,15,17). The van der Waals surface area contributed by atoms with Crippen LogP contribution in [0.5, 0.6) is 0 Å². The van der Waals surface area contributed by atoms with Crippen LogP contribution in [0.1, 0.15) is 23.7 Å². The fourth-order valence-electron chi connectivity index (χ4n) is 2.25. The molecule has 1 aliphatic rings. The second-order valence-corrected chi connectivity index (χ2v) is 4.54. The van der Waals surface area contributed by atoms with Crippen LogP contribution in [0.15, 0.2) is 36.7 Å². The van der Waals surface area contributed by atoms with Gasteiger partial charge in [-0.05, 0) is 36.6 Å². The molecule has 0 bridgehead atoms. The lowest BCUT2D eigenvalue weighted by Crippen LogP contribution is -2.08. The van der Waals surface area contributed by atoms with E-state index >= 15 is 0 Å². The molecule has 17 heavy (non-hydrogen) atoms. The van der Waals surface area contributed by atoms with Gasteiger partial charge in [0.25, 0.3) is 0 Å². The summed E-state index contributed by atoms with van der Waals surface area (Å²) < 4.78 is 0. The molecule has 1 atom stereocenters. The largest absolute Gasteiger partial charge is 0.377 e. The highest BCUT2D eigenvalue weighted by Crippen LogP contribution is 2.32. The summed E-state index contributed by atoms with van der Waals surface area (Å²) in [6, 6.07) is 8.17. The Bertz CT molecular complexity index is 542. The molecule has 3 nitrogen and oxygen atoms in total. The van der Waals surface area contributed by atoms with Crippen molar-refractivity contribution in [3.05, 3.63) is 53.1 Å². The van der Waals surface area contributed by atoms with E-state index in [9.17, 15) is 0 Å². The highest BCUT2D eigenvalue weighted by atomic mass is 35.5. The first-order valence-corrected chi connectivity index (χ1v) is 6.02. The third-order valence-corrected chi connectivity index (χ3v) is 3.23. The van der Waals surface area contributed by atoms with Gasteiger partial charge in [-0.15, -0.1) is 0 Å². The van der Waals surface area contributed by atoms with Crippen molar-refractivity contribution in [3.8, 4) is 0 Å². The summed E-state index contributed by atoms with van der Waals surface area (Å²) in [5.41, 5.74) is 3.49. The van der Waals surface area contributed by atoms with Gasteiger partial charge in [-0.3, -0.25) is 4.98 Å². The van der Waals surface area contributed by atoms with Crippen molar-refractivity contribution >= 4 is 17.3 Å². The second-order valence-electron chi connectivity index (χ2n) is 4.15. The molecule has 0 saturated heterocycles. The summed E-state index contributed by atoms with van der Waals surface area (Å²) >= 11 is 5.86. The lowest BCUT2D eigenvalue weighted by molar-refractivity contribution is 0.746. The molecule has 0 aromatic carbocycles. The van der Waals surface area contributed by atoms with Crippen LogP contribution in [0.2, 0.25) is 5.15 Å². The fourth-order valence-corrected chi connectivity index (χ4v) is 2.42. The number of pyridine rings is 2. The number of anilines is 1. The van der Waals surface area contributed by atoms with Crippen molar-refractivity contribution in [3.63, 3.8) is 0 Å². The molecule has 0 spiro atoms. The maximum Gasteiger partial charge on any atom is 0.131 e. The van der Waals surface area contributed by atoms with Crippen LogP contribution in [0.25, 0.3) is 0 Å². The van der Waals surface area contributed by atoms with Gasteiger partial charge in [0.1, 0.15) is 5.15 Å². The molecular weight excluding hydrogens is 234 g/mol. The monoisotopic (exact) mass is 245 g/mol. The number of fused-ring (bicyclic) bond motifs is 1. The zero-order chi connectivity index (χ0) is 11.7. The molecule has 1 unspecified atom stereocenters. The van der Waals surface area contributed by atoms with Gasteiger partial charge in [0.2, 0.25) is 0 Å². The van der Waals surface area contributed by atoms with E-state index in [1.54, 1.807) is 6.20 Å². The first-order chi connectivity index (χ1) is 8.33. The maximum absolute atomic E-state index is 5.86. The first kappa shape index (κ1) is 10.5. The van der Waals surface area contributed by atoms with Crippen LogP contribution in [-0.4, -0.2) is 9.97 Å². The fraction of sp³-hybridized carbons (Fsp3) is 0.231. The topological polar surface area (TPSA) is 37.8 Å². The lowest BCUT2D eigenvalue weighted by Gasteiger charge is -2.14. The number of rotatable bonds is 2. The van der Waals surface area contributed by atoms with Gasteiger partial charge in [-0.2, -0.15) is 0 Å². The molecule has 0 aliphatic heterocycles. The van der Waals surface area contributed by atoms with E-state index in [1.807, 2.05) is 24.4 Å². The lowest BCUT2D eigenvalue weighted by atomic mass is 10.2. The molecule has 4 heteroatoms. The predicted molar refractivity (Wildman–Crippen MR) is 68.2 cm³/mol. The van der Waals surface area contributed by atoms with Gasteiger partial charge in [0.05, 0.1) is 11.7 Å². The molecule has 0 saturated carbocycles. The van der Waals surface area contributed by atoms with E-state index in [0.717, 1.165) is 24.2 Å². The van der Waals surface area contributed by atoms with Crippen molar-refractivity contribution in [1.82, 2.24) is 9.97 Å². The number of nitrogens with one attached hydrogen (secondary N) is 1. The Morgan fingerprint density at radius 2 is 2.18 bits per heavy atom. The normalized spacial score (nSPS) is 17.8. The third-order valence-electron chi connectivity index (χ3n) is 3.03. The number of aryl methyl sites for hydroxylation is 1. The van der Waals surface area contributed by atoms with Gasteiger partial charge in [0.15, 0.2) is 0 Å². The van der Waals surface area contributed by atoms with Gasteiger partial charge in [0, 0.05) is 18.1 Å². The van der Waals surface area contributed by atoms with Crippen molar-refractivity contribution in [1.29, 1.82) is 0 Å². The number of nitrogens with zero attached hydrogens (tertiary/aromatic N) is 2. The number of halogens is 1. The zero-order valence-corrected chi connectivity index (χ0v) is 9.98. The highest BCUT2D eigenvalue weighted by molar-refractivity contribution is 6.29. The van der Waals surface area contributed by atoms with Gasteiger partial charge < -0.3 is 5.32 Å². The van der Waals surface area contributed by atoms with Gasteiger partial charge in [-0.25, -0.2) is 4.98 Å². The molecule has 2 aromatic rings. The van der Waals surface area contributed by atoms with Crippen molar-refractivity contribution in [2.24, 2.45) is 0 Å². The molecule has 0 amide bonds. The van der Waals surface area contributed by atoms with Crippen molar-refractivity contribution in [2.75, 3.05) is 5.32 Å². The van der Waals surface area contributed by atoms with E-state index < -0.39 is 0 Å². The quantitative estimate of drug-likeness (QED) is 0.826. The van der Waals surface area contributed by atoms with Crippen molar-refractivity contribution < 1.29 is 0 Å².